The van der Waals surface area contributed by atoms with Gasteiger partial charge in [-0.1, -0.05) is 11.6 Å². The van der Waals surface area contributed by atoms with E-state index in [4.69, 9.17) is 11.6 Å². The normalized spacial score (nSPS) is 19.1. The molecule has 0 unspecified atom stereocenters. The number of carbonyl (C=O) groups excluding carboxylic acids is 1. The quantitative estimate of drug-likeness (QED) is 0.893. The van der Waals surface area contributed by atoms with Crippen LogP contribution in [0.3, 0.4) is 0 Å². The van der Waals surface area contributed by atoms with Crippen LogP contribution in [-0.2, 0) is 4.79 Å². The molecule has 2 aliphatic rings. The molecule has 0 atom stereocenters. The Hall–Kier alpha value is -2.12. The first-order chi connectivity index (χ1) is 12.1. The minimum atomic E-state index is -0.345. The molecule has 0 bridgehead atoms. The van der Waals surface area contributed by atoms with Crippen molar-refractivity contribution in [1.82, 2.24) is 19.7 Å². The monoisotopic (exact) mass is 361 g/mol. The Morgan fingerprint density at radius 3 is 2.60 bits per heavy atom. The SMILES string of the molecule is O=C(C1CCN(c2cnccc2-n2cc(Cl)cn2)CC1)N1CC(O)C1. The minimum Gasteiger partial charge on any atom is -0.389 e. The van der Waals surface area contributed by atoms with E-state index >= 15 is 0 Å². The summed E-state index contributed by atoms with van der Waals surface area (Å²) in [5, 5.41) is 14.2. The number of carbonyl (C=O) groups is 1. The van der Waals surface area contributed by atoms with Crippen molar-refractivity contribution in [3.05, 3.63) is 35.9 Å². The van der Waals surface area contributed by atoms with E-state index in [9.17, 15) is 9.90 Å². The maximum absolute atomic E-state index is 12.4. The molecule has 0 aromatic carbocycles. The number of halogens is 1. The molecule has 132 valence electrons. The lowest BCUT2D eigenvalue weighted by molar-refractivity contribution is -0.146. The van der Waals surface area contributed by atoms with Crippen LogP contribution in [-0.4, -0.2) is 63.0 Å². The summed E-state index contributed by atoms with van der Waals surface area (Å²) in [6, 6.07) is 1.91. The number of nitrogens with zero attached hydrogens (tertiary/aromatic N) is 5. The zero-order valence-electron chi connectivity index (χ0n) is 13.8. The molecular weight excluding hydrogens is 342 g/mol. The Morgan fingerprint density at radius 1 is 1.20 bits per heavy atom. The van der Waals surface area contributed by atoms with Crippen molar-refractivity contribution in [2.45, 2.75) is 18.9 Å². The predicted octanol–water partition coefficient (Wildman–Crippen LogP) is 1.34. The van der Waals surface area contributed by atoms with Crippen LogP contribution >= 0.6 is 11.6 Å². The highest BCUT2D eigenvalue weighted by Crippen LogP contribution is 2.29. The molecule has 2 saturated heterocycles. The number of pyridine rings is 1. The Morgan fingerprint density at radius 2 is 1.96 bits per heavy atom. The average molecular weight is 362 g/mol. The van der Waals surface area contributed by atoms with Crippen molar-refractivity contribution in [1.29, 1.82) is 0 Å². The average Bonchev–Trinajstić information content (AvgIpc) is 3.05. The van der Waals surface area contributed by atoms with Crippen LogP contribution in [0.1, 0.15) is 12.8 Å². The molecule has 0 spiro atoms. The highest BCUT2D eigenvalue weighted by molar-refractivity contribution is 6.30. The molecule has 0 saturated carbocycles. The maximum Gasteiger partial charge on any atom is 0.225 e. The molecule has 2 fully saturated rings. The minimum absolute atomic E-state index is 0.0445. The van der Waals surface area contributed by atoms with Crippen molar-refractivity contribution >= 4 is 23.2 Å². The van der Waals surface area contributed by atoms with Gasteiger partial charge in [0.2, 0.25) is 5.91 Å². The zero-order chi connectivity index (χ0) is 17.4. The van der Waals surface area contributed by atoms with E-state index in [0.717, 1.165) is 37.3 Å². The number of aliphatic hydroxyl groups excluding tert-OH is 1. The first kappa shape index (κ1) is 16.4. The molecule has 2 aliphatic heterocycles. The van der Waals surface area contributed by atoms with E-state index < -0.39 is 0 Å². The molecule has 1 N–H and O–H groups in total. The third-order valence-corrected chi connectivity index (χ3v) is 5.13. The molecule has 7 nitrogen and oxygen atoms in total. The van der Waals surface area contributed by atoms with Crippen LogP contribution in [0, 0.1) is 5.92 Å². The van der Waals surface area contributed by atoms with Crippen LogP contribution < -0.4 is 4.90 Å². The number of piperidine rings is 1. The van der Waals surface area contributed by atoms with Gasteiger partial charge in [0.1, 0.15) is 0 Å². The molecule has 4 rings (SSSR count). The second kappa shape index (κ2) is 6.65. The molecule has 1 amide bonds. The lowest BCUT2D eigenvalue weighted by Gasteiger charge is -2.40. The van der Waals surface area contributed by atoms with E-state index in [1.807, 2.05) is 12.3 Å². The largest absolute Gasteiger partial charge is 0.389 e. The van der Waals surface area contributed by atoms with Gasteiger partial charge in [0.25, 0.3) is 0 Å². The summed E-state index contributed by atoms with van der Waals surface area (Å²) in [6.45, 7) is 2.54. The molecule has 8 heteroatoms. The van der Waals surface area contributed by atoms with Gasteiger partial charge in [0, 0.05) is 44.5 Å². The third-order valence-electron chi connectivity index (χ3n) is 4.93. The number of hydrogen-bond acceptors (Lipinski definition) is 5. The smallest absolute Gasteiger partial charge is 0.225 e. The fraction of sp³-hybridized carbons (Fsp3) is 0.471. The van der Waals surface area contributed by atoms with Gasteiger partial charge in [-0.3, -0.25) is 9.78 Å². The number of aromatic nitrogens is 3. The number of rotatable bonds is 3. The second-order valence-electron chi connectivity index (χ2n) is 6.63. The van der Waals surface area contributed by atoms with Gasteiger partial charge in [-0.05, 0) is 18.9 Å². The lowest BCUT2D eigenvalue weighted by Crippen LogP contribution is -2.56. The molecule has 0 radical (unpaired) electrons. The summed E-state index contributed by atoms with van der Waals surface area (Å²) < 4.78 is 1.75. The van der Waals surface area contributed by atoms with Crippen LogP contribution in [0.2, 0.25) is 5.02 Å². The van der Waals surface area contributed by atoms with Gasteiger partial charge in [-0.2, -0.15) is 5.10 Å². The highest BCUT2D eigenvalue weighted by Gasteiger charge is 2.35. The Labute approximate surface area is 150 Å². The Kier molecular flexibility index (Phi) is 4.35. The third kappa shape index (κ3) is 3.21. The van der Waals surface area contributed by atoms with Gasteiger partial charge in [0.15, 0.2) is 0 Å². The first-order valence-corrected chi connectivity index (χ1v) is 8.86. The van der Waals surface area contributed by atoms with E-state index in [1.54, 1.807) is 28.2 Å². The molecule has 4 heterocycles. The van der Waals surface area contributed by atoms with Crippen LogP contribution in [0.15, 0.2) is 30.9 Å². The topological polar surface area (TPSA) is 74.5 Å². The van der Waals surface area contributed by atoms with Crippen molar-refractivity contribution < 1.29 is 9.90 Å². The number of anilines is 1. The van der Waals surface area contributed by atoms with Crippen molar-refractivity contribution in [3.8, 4) is 5.69 Å². The second-order valence-corrected chi connectivity index (χ2v) is 7.06. The van der Waals surface area contributed by atoms with E-state index in [2.05, 4.69) is 15.0 Å². The fourth-order valence-electron chi connectivity index (χ4n) is 3.51. The van der Waals surface area contributed by atoms with Crippen molar-refractivity contribution in [2.75, 3.05) is 31.1 Å². The summed E-state index contributed by atoms with van der Waals surface area (Å²) >= 11 is 5.99. The van der Waals surface area contributed by atoms with Gasteiger partial charge in [0.05, 0.1) is 34.9 Å². The lowest BCUT2D eigenvalue weighted by atomic mass is 9.93. The number of likely N-dealkylation sites (tertiary alicyclic amines) is 1. The summed E-state index contributed by atoms with van der Waals surface area (Å²) in [7, 11) is 0. The highest BCUT2D eigenvalue weighted by atomic mass is 35.5. The molecule has 25 heavy (non-hydrogen) atoms. The predicted molar refractivity (Wildman–Crippen MR) is 93.9 cm³/mol. The first-order valence-electron chi connectivity index (χ1n) is 8.48. The molecule has 2 aromatic rings. The van der Waals surface area contributed by atoms with Gasteiger partial charge < -0.3 is 14.9 Å². The zero-order valence-corrected chi connectivity index (χ0v) is 14.5. The van der Waals surface area contributed by atoms with Gasteiger partial charge in [-0.15, -0.1) is 0 Å². The van der Waals surface area contributed by atoms with Crippen LogP contribution in [0.25, 0.3) is 5.69 Å². The van der Waals surface area contributed by atoms with Gasteiger partial charge >= 0.3 is 0 Å². The fourth-order valence-corrected chi connectivity index (χ4v) is 3.65. The summed E-state index contributed by atoms with van der Waals surface area (Å²) in [5.74, 6) is 0.221. The standard InChI is InChI=1S/C17H20ClN5O2/c18-13-7-20-23(9-13)15-1-4-19-8-16(15)21-5-2-12(3-6-21)17(25)22-10-14(24)11-22/h1,4,7-9,12,14,24H,2-3,5-6,10-11H2. The Balaban J connectivity index is 1.45. The summed E-state index contributed by atoms with van der Waals surface area (Å²) in [4.78, 5) is 20.7. The number of hydrogen-bond donors (Lipinski definition) is 1. The maximum atomic E-state index is 12.4. The van der Waals surface area contributed by atoms with E-state index in [0.29, 0.717) is 18.1 Å². The van der Waals surface area contributed by atoms with Gasteiger partial charge in [-0.25, -0.2) is 4.68 Å². The summed E-state index contributed by atoms with van der Waals surface area (Å²) in [6.07, 6.45) is 8.21. The number of β-amino-alcohol motifs (C(OH)–C–C–N with tert-alkyl or cyclic N) is 1. The van der Waals surface area contributed by atoms with E-state index in [1.165, 1.54) is 0 Å². The summed E-state index contributed by atoms with van der Waals surface area (Å²) in [5.41, 5.74) is 1.92. The van der Waals surface area contributed by atoms with Crippen molar-refractivity contribution in [2.24, 2.45) is 5.92 Å². The van der Waals surface area contributed by atoms with E-state index in [-0.39, 0.29) is 17.9 Å². The molecule has 0 aliphatic carbocycles. The Bertz CT molecular complexity index is 766. The van der Waals surface area contributed by atoms with Crippen LogP contribution in [0.5, 0.6) is 0 Å². The number of amides is 1. The van der Waals surface area contributed by atoms with Crippen LogP contribution in [0.4, 0.5) is 5.69 Å². The molecular formula is C17H20ClN5O2. The number of aliphatic hydroxyl groups is 1. The molecule has 2 aromatic heterocycles. The van der Waals surface area contributed by atoms with Crippen molar-refractivity contribution in [3.63, 3.8) is 0 Å².